The molecule has 5 heteroatoms. The lowest BCUT2D eigenvalue weighted by atomic mass is 10.2. The van der Waals surface area contributed by atoms with E-state index in [1.807, 2.05) is 48.0 Å². The van der Waals surface area contributed by atoms with Crippen LogP contribution in [0.2, 0.25) is 10.0 Å². The fraction of sp³-hybridized carbons (Fsp3) is 0.0556. The summed E-state index contributed by atoms with van der Waals surface area (Å²) in [5, 5.41) is 11.0. The lowest BCUT2D eigenvalue weighted by Gasteiger charge is -2.08. The van der Waals surface area contributed by atoms with Crippen LogP contribution in [0.3, 0.4) is 0 Å². The Morgan fingerprint density at radius 3 is 2.65 bits per heavy atom. The van der Waals surface area contributed by atoms with Gasteiger partial charge in [-0.25, -0.2) is 0 Å². The lowest BCUT2D eigenvalue weighted by Crippen LogP contribution is -1.98. The molecule has 3 nitrogen and oxygen atoms in total. The van der Waals surface area contributed by atoms with Crippen molar-refractivity contribution < 1.29 is 5.11 Å². The lowest BCUT2D eigenvalue weighted by molar-refractivity contribution is 0.477. The van der Waals surface area contributed by atoms with Crippen molar-refractivity contribution in [3.05, 3.63) is 76.0 Å². The summed E-state index contributed by atoms with van der Waals surface area (Å²) in [7, 11) is 0. The molecule has 0 saturated carbocycles. The third-order valence-electron chi connectivity index (χ3n) is 3.49. The smallest absolute Gasteiger partial charge is 0.142 e. The molecule has 0 saturated heterocycles. The average molecular weight is 345 g/mol. The van der Waals surface area contributed by atoms with E-state index in [4.69, 9.17) is 23.2 Å². The predicted molar refractivity (Wildman–Crippen MR) is 95.9 cm³/mol. The van der Waals surface area contributed by atoms with Gasteiger partial charge in [-0.05, 0) is 48.9 Å². The molecule has 0 aliphatic heterocycles. The molecule has 116 valence electrons. The third-order valence-corrected chi connectivity index (χ3v) is 4.13. The zero-order valence-corrected chi connectivity index (χ0v) is 13.9. The zero-order chi connectivity index (χ0) is 16.4. The van der Waals surface area contributed by atoms with Crippen LogP contribution in [-0.2, 0) is 0 Å². The van der Waals surface area contributed by atoms with Gasteiger partial charge in [-0.1, -0.05) is 29.3 Å². The van der Waals surface area contributed by atoms with Crippen LogP contribution in [0.15, 0.2) is 59.7 Å². The highest BCUT2D eigenvalue weighted by molar-refractivity contribution is 6.31. The van der Waals surface area contributed by atoms with Crippen LogP contribution in [0.25, 0.3) is 5.69 Å². The number of aromatic hydroxyl groups is 1. The summed E-state index contributed by atoms with van der Waals surface area (Å²) in [6.45, 7) is 1.97. The van der Waals surface area contributed by atoms with Crippen molar-refractivity contribution in [1.82, 2.24) is 4.57 Å². The molecule has 0 atom stereocenters. The molecule has 0 bridgehead atoms. The normalized spacial score (nSPS) is 11.3. The summed E-state index contributed by atoms with van der Waals surface area (Å²) < 4.78 is 1.97. The van der Waals surface area contributed by atoms with Gasteiger partial charge in [0.15, 0.2) is 0 Å². The maximum absolute atomic E-state index is 9.85. The molecule has 0 amide bonds. The Morgan fingerprint density at radius 1 is 1.09 bits per heavy atom. The van der Waals surface area contributed by atoms with Crippen molar-refractivity contribution in [2.24, 2.45) is 4.99 Å². The molecule has 0 radical (unpaired) electrons. The Balaban J connectivity index is 1.94. The molecule has 23 heavy (non-hydrogen) atoms. The minimum atomic E-state index is 0.0465. The van der Waals surface area contributed by atoms with E-state index in [0.717, 1.165) is 22.0 Å². The van der Waals surface area contributed by atoms with Gasteiger partial charge in [0, 0.05) is 28.0 Å². The highest BCUT2D eigenvalue weighted by Gasteiger charge is 2.04. The topological polar surface area (TPSA) is 37.5 Å². The van der Waals surface area contributed by atoms with Crippen molar-refractivity contribution in [3.8, 4) is 11.4 Å². The van der Waals surface area contributed by atoms with E-state index in [0.29, 0.717) is 10.7 Å². The van der Waals surface area contributed by atoms with E-state index in [-0.39, 0.29) is 5.75 Å². The molecule has 2 aromatic carbocycles. The Hall–Kier alpha value is -2.23. The average Bonchev–Trinajstić information content (AvgIpc) is 2.98. The van der Waals surface area contributed by atoms with Crippen LogP contribution < -0.4 is 0 Å². The maximum atomic E-state index is 9.85. The van der Waals surface area contributed by atoms with Crippen LogP contribution in [0.4, 0.5) is 5.69 Å². The van der Waals surface area contributed by atoms with Gasteiger partial charge >= 0.3 is 0 Å². The molecule has 3 rings (SSSR count). The Morgan fingerprint density at radius 2 is 1.91 bits per heavy atom. The summed E-state index contributed by atoms with van der Waals surface area (Å²) in [4.78, 5) is 4.33. The monoisotopic (exact) mass is 344 g/mol. The Bertz CT molecular complexity index is 884. The molecule has 3 aromatic rings. The number of phenolic OH excluding ortho intramolecular Hbond substituents is 1. The molecule has 1 heterocycles. The number of aryl methyl sites for hydroxylation is 1. The van der Waals surface area contributed by atoms with Gasteiger partial charge < -0.3 is 9.67 Å². The summed E-state index contributed by atoms with van der Waals surface area (Å²) >= 11 is 12.0. The van der Waals surface area contributed by atoms with Crippen LogP contribution in [0.1, 0.15) is 11.3 Å². The number of phenols is 1. The Kier molecular flexibility index (Phi) is 4.42. The van der Waals surface area contributed by atoms with Gasteiger partial charge in [-0.3, -0.25) is 4.99 Å². The van der Waals surface area contributed by atoms with Crippen molar-refractivity contribution in [2.45, 2.75) is 6.92 Å². The quantitative estimate of drug-likeness (QED) is 0.621. The number of hydrogen-bond acceptors (Lipinski definition) is 2. The molecular weight excluding hydrogens is 331 g/mol. The first-order valence-corrected chi connectivity index (χ1v) is 7.76. The first kappa shape index (κ1) is 15.7. The van der Waals surface area contributed by atoms with Gasteiger partial charge in [0.1, 0.15) is 11.4 Å². The van der Waals surface area contributed by atoms with Crippen molar-refractivity contribution in [3.63, 3.8) is 0 Å². The van der Waals surface area contributed by atoms with E-state index in [1.54, 1.807) is 18.3 Å². The van der Waals surface area contributed by atoms with Gasteiger partial charge in [-0.2, -0.15) is 0 Å². The largest absolute Gasteiger partial charge is 0.506 e. The second-order valence-electron chi connectivity index (χ2n) is 5.13. The van der Waals surface area contributed by atoms with Gasteiger partial charge in [0.2, 0.25) is 0 Å². The summed E-state index contributed by atoms with van der Waals surface area (Å²) in [6.07, 6.45) is 3.63. The number of nitrogens with zero attached hydrogens (tertiary/aromatic N) is 2. The number of rotatable bonds is 3. The number of halogens is 2. The van der Waals surface area contributed by atoms with E-state index in [1.165, 1.54) is 6.07 Å². The van der Waals surface area contributed by atoms with E-state index in [2.05, 4.69) is 4.99 Å². The van der Waals surface area contributed by atoms with Gasteiger partial charge in [0.25, 0.3) is 0 Å². The van der Waals surface area contributed by atoms with Crippen molar-refractivity contribution in [2.75, 3.05) is 0 Å². The predicted octanol–water partition coefficient (Wildman–Crippen LogP) is 5.55. The van der Waals surface area contributed by atoms with Gasteiger partial charge in [-0.15, -0.1) is 0 Å². The van der Waals surface area contributed by atoms with Crippen LogP contribution in [0.5, 0.6) is 5.75 Å². The molecular formula is C18H14Cl2N2O. The fourth-order valence-corrected chi connectivity index (χ4v) is 2.55. The maximum Gasteiger partial charge on any atom is 0.142 e. The first-order chi connectivity index (χ1) is 11.0. The number of benzene rings is 2. The second-order valence-corrected chi connectivity index (χ2v) is 5.97. The molecule has 0 unspecified atom stereocenters. The number of aliphatic imine (C=N–C) groups is 1. The molecule has 1 N–H and O–H groups in total. The minimum Gasteiger partial charge on any atom is -0.506 e. The SMILES string of the molecule is Cc1ccc(-n2cccc2C=Nc2ccc(Cl)cc2O)cc1Cl. The highest BCUT2D eigenvalue weighted by Crippen LogP contribution is 2.29. The van der Waals surface area contributed by atoms with E-state index >= 15 is 0 Å². The highest BCUT2D eigenvalue weighted by atomic mass is 35.5. The van der Waals surface area contributed by atoms with Crippen molar-refractivity contribution >= 4 is 35.1 Å². The molecule has 1 aromatic heterocycles. The summed E-state index contributed by atoms with van der Waals surface area (Å²) in [5.74, 6) is 0.0465. The van der Waals surface area contributed by atoms with Gasteiger partial charge in [0.05, 0.1) is 11.9 Å². The third kappa shape index (κ3) is 3.41. The van der Waals surface area contributed by atoms with Crippen LogP contribution in [0, 0.1) is 6.92 Å². The van der Waals surface area contributed by atoms with Crippen molar-refractivity contribution in [1.29, 1.82) is 0 Å². The summed E-state index contributed by atoms with van der Waals surface area (Å²) in [5.41, 5.74) is 3.32. The first-order valence-electron chi connectivity index (χ1n) is 7.01. The minimum absolute atomic E-state index is 0.0465. The molecule has 0 fully saturated rings. The number of aromatic nitrogens is 1. The standard InChI is InChI=1S/C18H14Cl2N2O/c1-12-4-6-14(10-16(12)20)22-8-2-3-15(22)11-21-17-7-5-13(19)9-18(17)23/h2-11,23H,1H3. The second kappa shape index (κ2) is 6.49. The molecule has 0 aliphatic carbocycles. The molecule has 0 aliphatic rings. The zero-order valence-electron chi connectivity index (χ0n) is 12.4. The number of hydrogen-bond donors (Lipinski definition) is 1. The van der Waals surface area contributed by atoms with Crippen LogP contribution in [-0.4, -0.2) is 15.9 Å². The van der Waals surface area contributed by atoms with Crippen LogP contribution >= 0.6 is 23.2 Å². The molecule has 0 spiro atoms. The van der Waals surface area contributed by atoms with E-state index in [9.17, 15) is 5.11 Å². The fourth-order valence-electron chi connectivity index (χ4n) is 2.21. The Labute approximate surface area is 144 Å². The van der Waals surface area contributed by atoms with E-state index < -0.39 is 0 Å². The summed E-state index contributed by atoms with van der Waals surface area (Å²) in [6, 6.07) is 14.6.